The smallest absolute Gasteiger partial charge is 0.260 e. The molecule has 0 radical (unpaired) electrons. The number of nitrogens with one attached hydrogen (secondary N) is 2. The van der Waals surface area contributed by atoms with E-state index in [1.165, 1.54) is 10.0 Å². The monoisotopic (exact) mass is 418 g/mol. The van der Waals surface area contributed by atoms with Crippen LogP contribution in [-0.2, 0) is 16.0 Å². The Kier molecular flexibility index (Phi) is 5.75. The highest BCUT2D eigenvalue weighted by atomic mass is 16.2. The van der Waals surface area contributed by atoms with E-state index in [0.29, 0.717) is 18.7 Å². The molecule has 0 unspecified atom stereocenters. The van der Waals surface area contributed by atoms with E-state index < -0.39 is 0 Å². The van der Waals surface area contributed by atoms with Gasteiger partial charge >= 0.3 is 0 Å². The Balaban J connectivity index is 1.41. The van der Waals surface area contributed by atoms with Gasteiger partial charge in [-0.3, -0.25) is 19.4 Å². The maximum Gasteiger partial charge on any atom is 0.260 e. The Hall–Kier alpha value is -3.61. The molecule has 0 bridgehead atoms. The number of rotatable bonds is 5. The molecular weight excluding hydrogens is 392 g/mol. The summed E-state index contributed by atoms with van der Waals surface area (Å²) in [5.41, 5.74) is 4.29. The second-order valence-electron chi connectivity index (χ2n) is 7.84. The zero-order valence-electron chi connectivity index (χ0n) is 17.8. The summed E-state index contributed by atoms with van der Waals surface area (Å²) in [6.45, 7) is 4.62. The molecule has 2 N–H and O–H groups in total. The molecule has 1 aliphatic rings. The van der Waals surface area contributed by atoms with Crippen LogP contribution in [0.5, 0.6) is 0 Å². The Labute approximate surface area is 181 Å². The number of nitrogens with zero attached hydrogens (tertiary/aromatic N) is 2. The van der Waals surface area contributed by atoms with Gasteiger partial charge in [-0.25, -0.2) is 5.01 Å². The Morgan fingerprint density at radius 3 is 2.39 bits per heavy atom. The quantitative estimate of drug-likeness (QED) is 0.668. The number of carbonyl (C=O) groups excluding carboxylic acids is 3. The van der Waals surface area contributed by atoms with Crippen LogP contribution in [0.3, 0.4) is 0 Å². The van der Waals surface area contributed by atoms with Gasteiger partial charge in [-0.1, -0.05) is 36.4 Å². The summed E-state index contributed by atoms with van der Waals surface area (Å²) < 4.78 is 0. The predicted octanol–water partition coefficient (Wildman–Crippen LogP) is 2.73. The third-order valence-electron chi connectivity index (χ3n) is 5.75. The van der Waals surface area contributed by atoms with Gasteiger partial charge in [-0.2, -0.15) is 0 Å². The molecule has 1 aliphatic heterocycles. The summed E-state index contributed by atoms with van der Waals surface area (Å²) in [6, 6.07) is 15.1. The van der Waals surface area contributed by atoms with E-state index in [1.807, 2.05) is 50.2 Å². The highest BCUT2D eigenvalue weighted by molar-refractivity contribution is 5.98. The number of para-hydroxylation sites is 1. The van der Waals surface area contributed by atoms with E-state index in [2.05, 4.69) is 10.3 Å². The molecule has 7 heteroatoms. The fourth-order valence-electron chi connectivity index (χ4n) is 4.11. The number of hydrogen-bond donors (Lipinski definition) is 2. The molecule has 0 saturated carbocycles. The van der Waals surface area contributed by atoms with Crippen LogP contribution in [-0.4, -0.2) is 52.4 Å². The average molecular weight is 418 g/mol. The maximum absolute atomic E-state index is 13.1. The van der Waals surface area contributed by atoms with E-state index in [-0.39, 0.29) is 30.7 Å². The van der Waals surface area contributed by atoms with Gasteiger partial charge in [-0.15, -0.1) is 0 Å². The summed E-state index contributed by atoms with van der Waals surface area (Å²) in [5.74, 6) is -0.703. The lowest BCUT2D eigenvalue weighted by Crippen LogP contribution is -2.49. The standard InChI is InChI=1S/C24H26N4O3/c1-16-8-3-4-9-18(16)24(31)25-15-23(30)28-13-7-12-27(28)22(29)14-20-17(2)26-21-11-6-5-10-19(20)21/h3-6,8-11,26H,7,12-15H2,1-2H3,(H,25,31). The Morgan fingerprint density at radius 1 is 0.935 bits per heavy atom. The molecule has 2 heterocycles. The van der Waals surface area contributed by atoms with Gasteiger partial charge in [0.15, 0.2) is 0 Å². The number of fused-ring (bicyclic) bond motifs is 1. The normalized spacial score (nSPS) is 13.6. The first-order chi connectivity index (χ1) is 15.0. The van der Waals surface area contributed by atoms with Crippen LogP contribution >= 0.6 is 0 Å². The maximum atomic E-state index is 13.1. The van der Waals surface area contributed by atoms with Crippen LogP contribution in [0.4, 0.5) is 0 Å². The number of benzene rings is 2. The molecule has 160 valence electrons. The van der Waals surface area contributed by atoms with E-state index in [9.17, 15) is 14.4 Å². The molecule has 31 heavy (non-hydrogen) atoms. The van der Waals surface area contributed by atoms with Crippen molar-refractivity contribution in [3.05, 3.63) is 70.9 Å². The molecule has 0 spiro atoms. The van der Waals surface area contributed by atoms with Gasteiger partial charge in [0.05, 0.1) is 13.0 Å². The minimum absolute atomic E-state index is 0.121. The Bertz CT molecular complexity index is 1150. The topological polar surface area (TPSA) is 85.5 Å². The van der Waals surface area contributed by atoms with Gasteiger partial charge in [0.1, 0.15) is 0 Å². The third kappa shape index (κ3) is 4.17. The molecular formula is C24H26N4O3. The molecule has 1 saturated heterocycles. The lowest BCUT2D eigenvalue weighted by atomic mass is 10.1. The lowest BCUT2D eigenvalue weighted by molar-refractivity contribution is -0.156. The zero-order chi connectivity index (χ0) is 22.0. The summed E-state index contributed by atoms with van der Waals surface area (Å²) in [7, 11) is 0. The molecule has 0 atom stereocenters. The number of amides is 3. The van der Waals surface area contributed by atoms with E-state index in [4.69, 9.17) is 0 Å². The van der Waals surface area contributed by atoms with Crippen molar-refractivity contribution in [3.63, 3.8) is 0 Å². The van der Waals surface area contributed by atoms with Crippen molar-refractivity contribution >= 4 is 28.6 Å². The zero-order valence-corrected chi connectivity index (χ0v) is 17.8. The fourth-order valence-corrected chi connectivity index (χ4v) is 4.11. The van der Waals surface area contributed by atoms with Crippen LogP contribution in [0.25, 0.3) is 10.9 Å². The third-order valence-corrected chi connectivity index (χ3v) is 5.75. The van der Waals surface area contributed by atoms with Gasteiger partial charge in [-0.05, 0) is 43.5 Å². The summed E-state index contributed by atoms with van der Waals surface area (Å²) in [6.07, 6.45) is 0.936. The average Bonchev–Trinajstić information content (AvgIpc) is 3.37. The number of aryl methyl sites for hydroxylation is 2. The highest BCUT2D eigenvalue weighted by Gasteiger charge is 2.31. The summed E-state index contributed by atoms with van der Waals surface area (Å²) in [4.78, 5) is 41.6. The van der Waals surface area contributed by atoms with Crippen LogP contribution in [0.2, 0.25) is 0 Å². The fraction of sp³-hybridized carbons (Fsp3) is 0.292. The SMILES string of the molecule is Cc1ccccc1C(=O)NCC(=O)N1CCCN1C(=O)Cc1c(C)[nH]c2ccccc12. The summed E-state index contributed by atoms with van der Waals surface area (Å²) in [5, 5.41) is 6.69. The van der Waals surface area contributed by atoms with Crippen LogP contribution in [0, 0.1) is 13.8 Å². The van der Waals surface area contributed by atoms with Gasteiger partial charge in [0.2, 0.25) is 5.91 Å². The molecule has 4 rings (SSSR count). The van der Waals surface area contributed by atoms with Crippen LogP contribution < -0.4 is 5.32 Å². The van der Waals surface area contributed by atoms with Crippen LogP contribution in [0.15, 0.2) is 48.5 Å². The number of hydrazine groups is 1. The first-order valence-corrected chi connectivity index (χ1v) is 10.5. The van der Waals surface area contributed by atoms with E-state index >= 15 is 0 Å². The van der Waals surface area contributed by atoms with Crippen molar-refractivity contribution in [3.8, 4) is 0 Å². The number of aromatic amines is 1. The number of aromatic nitrogens is 1. The van der Waals surface area contributed by atoms with Crippen LogP contribution in [0.1, 0.15) is 33.6 Å². The largest absolute Gasteiger partial charge is 0.358 e. The first-order valence-electron chi connectivity index (χ1n) is 10.5. The molecule has 3 amide bonds. The van der Waals surface area contributed by atoms with Crippen molar-refractivity contribution < 1.29 is 14.4 Å². The first kappa shape index (κ1) is 20.7. The molecule has 7 nitrogen and oxygen atoms in total. The van der Waals surface area contributed by atoms with E-state index in [1.54, 1.807) is 12.1 Å². The number of hydrogen-bond acceptors (Lipinski definition) is 3. The minimum Gasteiger partial charge on any atom is -0.358 e. The Morgan fingerprint density at radius 2 is 1.61 bits per heavy atom. The predicted molar refractivity (Wildman–Crippen MR) is 118 cm³/mol. The summed E-state index contributed by atoms with van der Waals surface area (Å²) >= 11 is 0. The molecule has 1 aromatic heterocycles. The van der Waals surface area contributed by atoms with Crippen molar-refractivity contribution in [2.75, 3.05) is 19.6 Å². The molecule has 2 aromatic carbocycles. The number of carbonyl (C=O) groups is 3. The number of H-pyrrole nitrogens is 1. The molecule has 1 fully saturated rings. The highest BCUT2D eigenvalue weighted by Crippen LogP contribution is 2.24. The minimum atomic E-state index is -0.294. The van der Waals surface area contributed by atoms with Crippen molar-refractivity contribution in [1.29, 1.82) is 0 Å². The van der Waals surface area contributed by atoms with Crippen molar-refractivity contribution in [1.82, 2.24) is 20.3 Å². The molecule has 0 aliphatic carbocycles. The second-order valence-corrected chi connectivity index (χ2v) is 7.84. The second kappa shape index (κ2) is 8.63. The molecule has 3 aromatic rings. The van der Waals surface area contributed by atoms with Crippen molar-refractivity contribution in [2.45, 2.75) is 26.7 Å². The van der Waals surface area contributed by atoms with Crippen molar-refractivity contribution in [2.24, 2.45) is 0 Å². The van der Waals surface area contributed by atoms with Gasteiger partial charge < -0.3 is 10.3 Å². The van der Waals surface area contributed by atoms with Gasteiger partial charge in [0, 0.05) is 35.2 Å². The van der Waals surface area contributed by atoms with E-state index in [0.717, 1.165) is 34.1 Å². The lowest BCUT2D eigenvalue weighted by Gasteiger charge is -2.28. The van der Waals surface area contributed by atoms with Gasteiger partial charge in [0.25, 0.3) is 11.8 Å².